The van der Waals surface area contributed by atoms with Crippen molar-refractivity contribution in [1.29, 1.82) is 0 Å². The van der Waals surface area contributed by atoms with Gasteiger partial charge in [-0.3, -0.25) is 0 Å². The van der Waals surface area contributed by atoms with Crippen molar-refractivity contribution in [2.24, 2.45) is 0 Å². The quantitative estimate of drug-likeness (QED) is 0.163. The molecule has 0 amide bonds. The Morgan fingerprint density at radius 3 is 1.84 bits per heavy atom. The summed E-state index contributed by atoms with van der Waals surface area (Å²) in [6.45, 7) is 11.8. The first kappa shape index (κ1) is 39.7. The number of para-hydroxylation sites is 2. The molecule has 9 aromatic carbocycles. The van der Waals surface area contributed by atoms with Gasteiger partial charge in [0, 0.05) is 38.3 Å². The van der Waals surface area contributed by atoms with Crippen molar-refractivity contribution in [3.63, 3.8) is 0 Å². The summed E-state index contributed by atoms with van der Waals surface area (Å²) in [5.41, 5.74) is 24.0. The second kappa shape index (κ2) is 14.1. The molecular formula is C64H49BN2S. The number of hydrogen-bond donors (Lipinski definition) is 0. The van der Waals surface area contributed by atoms with E-state index in [2.05, 4.69) is 251 Å². The molecule has 2 nitrogen and oxygen atoms in total. The van der Waals surface area contributed by atoms with Crippen LogP contribution in [0.1, 0.15) is 73.6 Å². The topological polar surface area (TPSA) is 6.48 Å². The summed E-state index contributed by atoms with van der Waals surface area (Å²) in [7, 11) is 0. The summed E-state index contributed by atoms with van der Waals surface area (Å²) < 4.78 is 1.30. The fraction of sp³-hybridized carbons (Fsp3) is 0.125. The van der Waals surface area contributed by atoms with Gasteiger partial charge in [-0.05, 0) is 113 Å². The van der Waals surface area contributed by atoms with E-state index in [1.165, 1.54) is 121 Å². The molecule has 1 aliphatic carbocycles. The molecule has 0 N–H and O–H groups in total. The molecule has 0 bridgehead atoms. The van der Waals surface area contributed by atoms with E-state index in [0.717, 1.165) is 0 Å². The Balaban J connectivity index is 1.19. The van der Waals surface area contributed by atoms with E-state index < -0.39 is 5.41 Å². The molecule has 4 heterocycles. The Labute approximate surface area is 403 Å². The molecular weight excluding hydrogens is 840 g/mol. The zero-order valence-corrected chi connectivity index (χ0v) is 39.8. The maximum atomic E-state index is 2.79. The second-order valence-electron chi connectivity index (χ2n) is 20.8. The van der Waals surface area contributed by atoms with E-state index in [9.17, 15) is 0 Å². The van der Waals surface area contributed by atoms with Crippen LogP contribution in [0, 0.1) is 0 Å². The third-order valence-electron chi connectivity index (χ3n) is 15.8. The molecule has 0 saturated heterocycles. The molecule has 0 fully saturated rings. The zero-order valence-electron chi connectivity index (χ0n) is 39.0. The largest absolute Gasteiger partial charge is 0.376 e. The van der Waals surface area contributed by atoms with Crippen LogP contribution in [0.3, 0.4) is 0 Å². The van der Waals surface area contributed by atoms with Gasteiger partial charge in [-0.15, -0.1) is 11.3 Å². The predicted molar refractivity (Wildman–Crippen MR) is 289 cm³/mol. The first-order chi connectivity index (χ1) is 33.2. The van der Waals surface area contributed by atoms with E-state index in [0.29, 0.717) is 0 Å². The lowest BCUT2D eigenvalue weighted by Gasteiger charge is -2.53. The number of benzene rings is 9. The van der Waals surface area contributed by atoms with Crippen LogP contribution in [0.15, 0.2) is 206 Å². The van der Waals surface area contributed by atoms with Gasteiger partial charge in [0.2, 0.25) is 0 Å². The van der Waals surface area contributed by atoms with Gasteiger partial charge in [-0.1, -0.05) is 211 Å². The highest BCUT2D eigenvalue weighted by molar-refractivity contribution is 7.26. The first-order valence-corrected chi connectivity index (χ1v) is 25.0. The monoisotopic (exact) mass is 888 g/mol. The Hall–Kier alpha value is -7.40. The molecule has 3 aliphatic heterocycles. The summed E-state index contributed by atoms with van der Waals surface area (Å²) >= 11 is 1.94. The summed E-state index contributed by atoms with van der Waals surface area (Å²) in [6.07, 6.45) is 0. The smallest absolute Gasteiger partial charge is 0.334 e. The van der Waals surface area contributed by atoms with Crippen molar-refractivity contribution in [3.8, 4) is 33.4 Å². The number of hydrogen-bond acceptors (Lipinski definition) is 3. The van der Waals surface area contributed by atoms with E-state index in [-0.39, 0.29) is 17.7 Å². The van der Waals surface area contributed by atoms with Crippen LogP contribution >= 0.6 is 11.3 Å². The minimum Gasteiger partial charge on any atom is -0.376 e. The van der Waals surface area contributed by atoms with Crippen molar-refractivity contribution in [3.05, 3.63) is 245 Å². The van der Waals surface area contributed by atoms with Crippen molar-refractivity contribution in [2.75, 3.05) is 9.71 Å². The van der Waals surface area contributed by atoms with Crippen LogP contribution < -0.4 is 20.6 Å². The molecule has 0 unspecified atom stereocenters. The molecule has 4 aliphatic rings. The average Bonchev–Trinajstić information content (AvgIpc) is 3.87. The lowest BCUT2D eigenvalue weighted by molar-refractivity contribution is 0.590. The highest BCUT2D eigenvalue weighted by Gasteiger charge is 2.56. The highest BCUT2D eigenvalue weighted by atomic mass is 32.1. The fourth-order valence-corrected chi connectivity index (χ4v) is 14.2. The van der Waals surface area contributed by atoms with E-state index in [1.807, 2.05) is 11.3 Å². The van der Waals surface area contributed by atoms with Gasteiger partial charge in [0.15, 0.2) is 0 Å². The first-order valence-electron chi connectivity index (χ1n) is 24.1. The van der Waals surface area contributed by atoms with E-state index in [4.69, 9.17) is 0 Å². The van der Waals surface area contributed by atoms with E-state index >= 15 is 0 Å². The predicted octanol–water partition coefficient (Wildman–Crippen LogP) is 15.6. The highest BCUT2D eigenvalue weighted by Crippen LogP contribution is 2.64. The lowest BCUT2D eigenvalue weighted by atomic mass is 9.41. The van der Waals surface area contributed by atoms with Crippen LogP contribution in [-0.2, 0) is 16.2 Å². The number of nitrogens with zero attached hydrogens (tertiary/aromatic N) is 2. The van der Waals surface area contributed by atoms with E-state index in [1.54, 1.807) is 0 Å². The van der Waals surface area contributed by atoms with Crippen LogP contribution in [0.4, 0.5) is 27.8 Å². The third-order valence-corrected chi connectivity index (χ3v) is 17.0. The van der Waals surface area contributed by atoms with Gasteiger partial charge in [0.05, 0.1) is 16.1 Å². The normalized spacial score (nSPS) is 15.3. The summed E-state index contributed by atoms with van der Waals surface area (Å²) in [6, 6.07) is 78.5. The van der Waals surface area contributed by atoms with Crippen molar-refractivity contribution < 1.29 is 0 Å². The lowest BCUT2D eigenvalue weighted by Crippen LogP contribution is -2.63. The van der Waals surface area contributed by atoms with Crippen LogP contribution in [0.2, 0.25) is 0 Å². The maximum absolute atomic E-state index is 2.79. The Morgan fingerprint density at radius 1 is 0.485 bits per heavy atom. The van der Waals surface area contributed by atoms with Gasteiger partial charge in [0.25, 0.3) is 0 Å². The summed E-state index contributed by atoms with van der Waals surface area (Å²) in [5, 5.41) is 2.60. The zero-order chi connectivity index (χ0) is 45.7. The molecule has 0 radical (unpaired) electrons. The van der Waals surface area contributed by atoms with Gasteiger partial charge in [-0.2, -0.15) is 0 Å². The van der Waals surface area contributed by atoms with Gasteiger partial charge >= 0.3 is 6.85 Å². The Morgan fingerprint density at radius 2 is 1.10 bits per heavy atom. The number of anilines is 5. The third kappa shape index (κ3) is 5.14. The molecule has 324 valence electrons. The van der Waals surface area contributed by atoms with Gasteiger partial charge in [0.1, 0.15) is 0 Å². The number of thiophene rings is 1. The maximum Gasteiger partial charge on any atom is 0.334 e. The van der Waals surface area contributed by atoms with Crippen molar-refractivity contribution in [2.45, 2.75) is 50.9 Å². The fourth-order valence-electron chi connectivity index (χ4n) is 13.0. The van der Waals surface area contributed by atoms with Crippen molar-refractivity contribution in [1.82, 2.24) is 0 Å². The molecule has 14 rings (SSSR count). The SMILES string of the molecule is CC(C)(C)c1ccc(N2c3cc4c(c5c3B(c3c2sc2ccccc32)N2c3ccccc3C(c3ccccc3)(c3ccccc3)c3cccc-5c32)C(C)(C)c2ccccc2-4)c(-c2ccccc2)c1. The molecule has 68 heavy (non-hydrogen) atoms. The summed E-state index contributed by atoms with van der Waals surface area (Å²) in [4.78, 5) is 5.47. The second-order valence-corrected chi connectivity index (χ2v) is 21.8. The van der Waals surface area contributed by atoms with Crippen LogP contribution in [-0.4, -0.2) is 6.85 Å². The molecule has 0 saturated carbocycles. The minimum absolute atomic E-state index is 0.0301. The van der Waals surface area contributed by atoms with Crippen molar-refractivity contribution >= 4 is 66.9 Å². The number of rotatable bonds is 4. The number of fused-ring (bicyclic) bond motifs is 12. The molecule has 0 atom stereocenters. The van der Waals surface area contributed by atoms with Gasteiger partial charge in [-0.25, -0.2) is 0 Å². The van der Waals surface area contributed by atoms with Gasteiger partial charge < -0.3 is 9.71 Å². The minimum atomic E-state index is -0.586. The average molecular weight is 889 g/mol. The summed E-state index contributed by atoms with van der Waals surface area (Å²) in [5.74, 6) is 0. The Bertz CT molecular complexity index is 3670. The molecule has 10 aromatic rings. The molecule has 4 heteroatoms. The molecule has 1 aromatic heterocycles. The Kier molecular flexibility index (Phi) is 8.23. The van der Waals surface area contributed by atoms with Crippen LogP contribution in [0.25, 0.3) is 43.5 Å². The standard InChI is InChI=1S/C64H49BN2S/c1-62(2,3)43-36-37-52(47(38-43)40-22-9-6-10-23-40)66-54-39-48-44-28-15-17-31-49(44)63(4,5)57(48)56-46-30-21-33-51-60(46)67(65(59(54)56)58-45-29-16-20-35-55(45)68-61(58)66)53-34-19-18-32-50(53)64(51,41-24-11-7-12-25-41)42-26-13-8-14-27-42/h6-39H,1-5H3. The van der Waals surface area contributed by atoms with Crippen LogP contribution in [0.5, 0.6) is 0 Å². The molecule has 0 spiro atoms.